The molecule has 0 radical (unpaired) electrons. The number of fused-ring (bicyclic) bond motifs is 1. The Morgan fingerprint density at radius 3 is 2.79 bits per heavy atom. The highest BCUT2D eigenvalue weighted by Crippen LogP contribution is 2.35. The van der Waals surface area contributed by atoms with Crippen molar-refractivity contribution in [2.45, 2.75) is 33.0 Å². The molecule has 3 aromatic rings. The van der Waals surface area contributed by atoms with Crippen LogP contribution >= 0.6 is 11.6 Å². The first-order valence-corrected chi connectivity index (χ1v) is 9.51. The fraction of sp³-hybridized carbons (Fsp3) is 0.286. The average Bonchev–Trinajstić information content (AvgIpc) is 3.39. The van der Waals surface area contributed by atoms with Gasteiger partial charge in [-0.15, -0.1) is 0 Å². The lowest BCUT2D eigenvalue weighted by molar-refractivity contribution is -0.117. The molecule has 0 bridgehead atoms. The largest absolute Gasteiger partial charge is 0.316 e. The molecule has 7 heteroatoms. The molecular formula is C21H19ClFN3O2. The van der Waals surface area contributed by atoms with Crippen LogP contribution in [0.25, 0.3) is 21.9 Å². The van der Waals surface area contributed by atoms with Crippen LogP contribution < -0.4 is 10.9 Å². The molecule has 4 rings (SSSR count). The third kappa shape index (κ3) is 3.40. The van der Waals surface area contributed by atoms with Crippen molar-refractivity contribution < 1.29 is 9.18 Å². The minimum Gasteiger partial charge on any atom is -0.316 e. The standard InChI is InChI=1S/C21H19ClFN3O2/c1-3-26-10-11(2)14(8-20(26)27)12-4-13-6-19(24-9-16(13)17(22)5-12)25-21(28)15-7-18(15)23/h4-6,8-10,15,18H,3,7H2,1-2H3,(H,24,25,28). The zero-order valence-electron chi connectivity index (χ0n) is 15.5. The van der Waals surface area contributed by atoms with E-state index in [4.69, 9.17) is 11.6 Å². The summed E-state index contributed by atoms with van der Waals surface area (Å²) in [6, 6.07) is 7.03. The van der Waals surface area contributed by atoms with E-state index in [1.165, 1.54) is 0 Å². The van der Waals surface area contributed by atoms with Gasteiger partial charge in [-0.05, 0) is 60.5 Å². The zero-order chi connectivity index (χ0) is 20.0. The number of carbonyl (C=O) groups excluding carboxylic acids is 1. The summed E-state index contributed by atoms with van der Waals surface area (Å²) in [4.78, 5) is 28.4. The van der Waals surface area contributed by atoms with Crippen LogP contribution in [-0.4, -0.2) is 21.6 Å². The summed E-state index contributed by atoms with van der Waals surface area (Å²) in [5.41, 5.74) is 2.50. The molecule has 2 atom stereocenters. The molecule has 1 N–H and O–H groups in total. The SMILES string of the molecule is CCn1cc(C)c(-c2cc(Cl)c3cnc(NC(=O)C4CC4F)cc3c2)cc1=O. The number of pyridine rings is 2. The molecule has 0 saturated heterocycles. The molecule has 1 aliphatic rings. The van der Waals surface area contributed by atoms with Gasteiger partial charge in [-0.3, -0.25) is 9.59 Å². The normalized spacial score (nSPS) is 18.3. The Morgan fingerprint density at radius 2 is 2.11 bits per heavy atom. The predicted molar refractivity (Wildman–Crippen MR) is 108 cm³/mol. The highest BCUT2D eigenvalue weighted by atomic mass is 35.5. The Kier molecular flexibility index (Phi) is 4.67. The maximum absolute atomic E-state index is 13.1. The summed E-state index contributed by atoms with van der Waals surface area (Å²) >= 11 is 6.44. The number of nitrogens with zero attached hydrogens (tertiary/aromatic N) is 2. The second kappa shape index (κ2) is 7.02. The number of amides is 1. The van der Waals surface area contributed by atoms with E-state index in [0.29, 0.717) is 17.4 Å². The van der Waals surface area contributed by atoms with Gasteiger partial charge in [0.1, 0.15) is 12.0 Å². The smallest absolute Gasteiger partial charge is 0.251 e. The van der Waals surface area contributed by atoms with Crippen molar-refractivity contribution in [1.29, 1.82) is 0 Å². The number of aromatic nitrogens is 2. The van der Waals surface area contributed by atoms with Crippen molar-refractivity contribution in [3.8, 4) is 11.1 Å². The first-order valence-electron chi connectivity index (χ1n) is 9.13. The van der Waals surface area contributed by atoms with Gasteiger partial charge in [0.25, 0.3) is 5.56 Å². The Hall–Kier alpha value is -2.73. The van der Waals surface area contributed by atoms with Gasteiger partial charge in [0, 0.05) is 30.4 Å². The van der Waals surface area contributed by atoms with Gasteiger partial charge in [0.15, 0.2) is 0 Å². The molecule has 2 aromatic heterocycles. The topological polar surface area (TPSA) is 64.0 Å². The van der Waals surface area contributed by atoms with Crippen LogP contribution in [-0.2, 0) is 11.3 Å². The molecule has 2 unspecified atom stereocenters. The zero-order valence-corrected chi connectivity index (χ0v) is 16.3. The van der Waals surface area contributed by atoms with E-state index in [1.54, 1.807) is 29.0 Å². The monoisotopic (exact) mass is 399 g/mol. The molecule has 1 aliphatic carbocycles. The van der Waals surface area contributed by atoms with Gasteiger partial charge in [-0.1, -0.05) is 11.6 Å². The summed E-state index contributed by atoms with van der Waals surface area (Å²) < 4.78 is 14.7. The maximum Gasteiger partial charge on any atom is 0.251 e. The summed E-state index contributed by atoms with van der Waals surface area (Å²) in [6.07, 6.45) is 2.61. The van der Waals surface area contributed by atoms with Gasteiger partial charge < -0.3 is 9.88 Å². The van der Waals surface area contributed by atoms with Crippen LogP contribution in [0.3, 0.4) is 0 Å². The Morgan fingerprint density at radius 1 is 1.36 bits per heavy atom. The van der Waals surface area contributed by atoms with Crippen LogP contribution in [0.5, 0.6) is 0 Å². The van der Waals surface area contributed by atoms with E-state index in [-0.39, 0.29) is 17.9 Å². The van der Waals surface area contributed by atoms with Crippen LogP contribution in [0.4, 0.5) is 10.2 Å². The lowest BCUT2D eigenvalue weighted by Crippen LogP contribution is -2.18. The number of anilines is 1. The first-order chi connectivity index (χ1) is 13.4. The number of aryl methyl sites for hydroxylation is 2. The van der Waals surface area contributed by atoms with Crippen molar-refractivity contribution in [1.82, 2.24) is 9.55 Å². The molecule has 0 aliphatic heterocycles. The van der Waals surface area contributed by atoms with Crippen molar-refractivity contribution in [2.75, 3.05) is 5.32 Å². The fourth-order valence-electron chi connectivity index (χ4n) is 3.34. The van der Waals surface area contributed by atoms with Gasteiger partial charge >= 0.3 is 0 Å². The second-order valence-corrected chi connectivity index (χ2v) is 7.50. The van der Waals surface area contributed by atoms with E-state index in [2.05, 4.69) is 10.3 Å². The molecule has 1 amide bonds. The van der Waals surface area contributed by atoms with E-state index in [1.807, 2.05) is 26.1 Å². The van der Waals surface area contributed by atoms with Crippen LogP contribution in [0.15, 0.2) is 41.5 Å². The Balaban J connectivity index is 1.75. The average molecular weight is 400 g/mol. The number of nitrogens with one attached hydrogen (secondary N) is 1. The van der Waals surface area contributed by atoms with Crippen molar-refractivity contribution in [3.63, 3.8) is 0 Å². The molecule has 5 nitrogen and oxygen atoms in total. The number of hydrogen-bond acceptors (Lipinski definition) is 3. The molecule has 2 heterocycles. The van der Waals surface area contributed by atoms with Crippen LogP contribution in [0.1, 0.15) is 18.9 Å². The van der Waals surface area contributed by atoms with Gasteiger partial charge in [-0.25, -0.2) is 9.37 Å². The summed E-state index contributed by atoms with van der Waals surface area (Å²) in [5.74, 6) is -0.594. The second-order valence-electron chi connectivity index (χ2n) is 7.09. The van der Waals surface area contributed by atoms with Crippen molar-refractivity contribution in [3.05, 3.63) is 57.6 Å². The Bertz CT molecular complexity index is 1160. The van der Waals surface area contributed by atoms with Gasteiger partial charge in [-0.2, -0.15) is 0 Å². The summed E-state index contributed by atoms with van der Waals surface area (Å²) in [6.45, 7) is 4.47. The van der Waals surface area contributed by atoms with Gasteiger partial charge in [0.2, 0.25) is 5.91 Å². The number of halogens is 2. The summed E-state index contributed by atoms with van der Waals surface area (Å²) in [7, 11) is 0. The predicted octanol–water partition coefficient (Wildman–Crippen LogP) is 4.34. The fourth-order valence-corrected chi connectivity index (χ4v) is 3.61. The first kappa shape index (κ1) is 18.6. The van der Waals surface area contributed by atoms with Crippen molar-refractivity contribution >= 4 is 34.1 Å². The third-order valence-electron chi connectivity index (χ3n) is 5.06. The molecule has 0 spiro atoms. The molecule has 144 valence electrons. The van der Waals surface area contributed by atoms with Crippen molar-refractivity contribution in [2.24, 2.45) is 5.92 Å². The number of benzene rings is 1. The molecule has 1 aromatic carbocycles. The Labute approximate surface area is 166 Å². The highest BCUT2D eigenvalue weighted by Gasteiger charge is 2.43. The van der Waals surface area contributed by atoms with E-state index in [0.717, 1.165) is 27.5 Å². The number of alkyl halides is 1. The molecule has 1 saturated carbocycles. The molecule has 28 heavy (non-hydrogen) atoms. The highest BCUT2D eigenvalue weighted by molar-refractivity contribution is 6.36. The van der Waals surface area contributed by atoms with E-state index in [9.17, 15) is 14.0 Å². The minimum absolute atomic E-state index is 0.0767. The van der Waals surface area contributed by atoms with E-state index >= 15 is 0 Å². The molecule has 1 fully saturated rings. The van der Waals surface area contributed by atoms with E-state index < -0.39 is 12.1 Å². The number of hydrogen-bond donors (Lipinski definition) is 1. The summed E-state index contributed by atoms with van der Waals surface area (Å²) in [5, 5.41) is 4.67. The molecular weight excluding hydrogens is 381 g/mol. The minimum atomic E-state index is -1.06. The van der Waals surface area contributed by atoms with Gasteiger partial charge in [0.05, 0.1) is 10.9 Å². The third-order valence-corrected chi connectivity index (χ3v) is 5.38. The lowest BCUT2D eigenvalue weighted by atomic mass is 9.99. The number of carbonyl (C=O) groups is 1. The quantitative estimate of drug-likeness (QED) is 0.709. The maximum atomic E-state index is 13.1. The number of rotatable bonds is 4. The lowest BCUT2D eigenvalue weighted by Gasteiger charge is -2.12. The van der Waals surface area contributed by atoms with Crippen LogP contribution in [0, 0.1) is 12.8 Å². The van der Waals surface area contributed by atoms with Crippen LogP contribution in [0.2, 0.25) is 5.02 Å².